The number of halogens is 2. The molecule has 5 nitrogen and oxygen atoms in total. The second-order valence-electron chi connectivity index (χ2n) is 4.25. The van der Waals surface area contributed by atoms with Crippen LogP contribution in [0.4, 0.5) is 4.39 Å². The van der Waals surface area contributed by atoms with Crippen LogP contribution in [0.25, 0.3) is 0 Å². The van der Waals surface area contributed by atoms with Gasteiger partial charge in [-0.2, -0.15) is 5.26 Å². The van der Waals surface area contributed by atoms with Crippen LogP contribution in [0.5, 0.6) is 0 Å². The molecule has 0 aliphatic rings. The summed E-state index contributed by atoms with van der Waals surface area (Å²) in [4.78, 5) is 0. The molecule has 0 radical (unpaired) electrons. The molecule has 1 aromatic carbocycles. The minimum absolute atomic E-state index is 0.0671. The Balaban J connectivity index is 2.27. The van der Waals surface area contributed by atoms with E-state index in [1.807, 2.05) is 6.07 Å². The van der Waals surface area contributed by atoms with E-state index in [4.69, 9.17) is 16.9 Å². The fourth-order valence-electron chi connectivity index (χ4n) is 1.82. The SMILES string of the molecule is Cn1c(C#N)ccc1S(=O)(=O)NCc1c(F)cccc1Cl. The van der Waals surface area contributed by atoms with Crippen LogP contribution in [0.3, 0.4) is 0 Å². The van der Waals surface area contributed by atoms with Gasteiger partial charge in [0.1, 0.15) is 17.6 Å². The Morgan fingerprint density at radius 3 is 2.67 bits per heavy atom. The molecule has 0 fully saturated rings. The molecule has 0 aliphatic carbocycles. The van der Waals surface area contributed by atoms with Gasteiger partial charge in [-0.3, -0.25) is 0 Å². The van der Waals surface area contributed by atoms with E-state index >= 15 is 0 Å². The Kier molecular flexibility index (Phi) is 4.32. The van der Waals surface area contributed by atoms with Crippen molar-refractivity contribution >= 4 is 21.6 Å². The Hall–Kier alpha value is -1.88. The number of sulfonamides is 1. The molecule has 21 heavy (non-hydrogen) atoms. The van der Waals surface area contributed by atoms with E-state index in [2.05, 4.69) is 4.72 Å². The molecule has 2 aromatic rings. The molecule has 0 saturated carbocycles. The van der Waals surface area contributed by atoms with Crippen LogP contribution in [0.1, 0.15) is 11.3 Å². The number of benzene rings is 1. The van der Waals surface area contributed by atoms with Gasteiger partial charge in [0.15, 0.2) is 5.03 Å². The van der Waals surface area contributed by atoms with Crippen LogP contribution in [-0.4, -0.2) is 13.0 Å². The van der Waals surface area contributed by atoms with Gasteiger partial charge in [-0.1, -0.05) is 17.7 Å². The average Bonchev–Trinajstić information content (AvgIpc) is 2.80. The van der Waals surface area contributed by atoms with Gasteiger partial charge in [0.25, 0.3) is 10.0 Å². The molecule has 0 saturated heterocycles. The van der Waals surface area contributed by atoms with Crippen molar-refractivity contribution in [1.82, 2.24) is 9.29 Å². The summed E-state index contributed by atoms with van der Waals surface area (Å²) in [7, 11) is -2.41. The van der Waals surface area contributed by atoms with Crippen molar-refractivity contribution in [3.8, 4) is 6.07 Å². The van der Waals surface area contributed by atoms with Gasteiger partial charge in [0.2, 0.25) is 0 Å². The monoisotopic (exact) mass is 327 g/mol. The Bertz CT molecular complexity index is 804. The first-order chi connectivity index (χ1) is 9.86. The van der Waals surface area contributed by atoms with Crippen LogP contribution < -0.4 is 4.72 Å². The van der Waals surface area contributed by atoms with Crippen molar-refractivity contribution in [2.45, 2.75) is 11.6 Å². The van der Waals surface area contributed by atoms with Gasteiger partial charge in [0.05, 0.1) is 0 Å². The van der Waals surface area contributed by atoms with E-state index in [1.165, 1.54) is 41.9 Å². The number of nitrogens with one attached hydrogen (secondary N) is 1. The quantitative estimate of drug-likeness (QED) is 0.935. The zero-order chi connectivity index (χ0) is 15.6. The van der Waals surface area contributed by atoms with Crippen molar-refractivity contribution in [2.24, 2.45) is 7.05 Å². The lowest BCUT2D eigenvalue weighted by Crippen LogP contribution is -2.26. The highest BCUT2D eigenvalue weighted by atomic mass is 35.5. The molecule has 110 valence electrons. The van der Waals surface area contributed by atoms with Gasteiger partial charge >= 0.3 is 0 Å². The van der Waals surface area contributed by atoms with Gasteiger partial charge in [-0.15, -0.1) is 0 Å². The first-order valence-electron chi connectivity index (χ1n) is 5.85. The third-order valence-corrected chi connectivity index (χ3v) is 4.81. The van der Waals surface area contributed by atoms with E-state index in [-0.39, 0.29) is 27.9 Å². The highest BCUT2D eigenvalue weighted by Crippen LogP contribution is 2.20. The lowest BCUT2D eigenvalue weighted by Gasteiger charge is -2.09. The molecule has 0 bridgehead atoms. The molecule has 0 amide bonds. The standard InChI is InChI=1S/C13H11ClFN3O2S/c1-18-9(7-16)5-6-13(18)21(19,20)17-8-10-11(14)3-2-4-12(10)15/h2-6,17H,8H2,1H3. The minimum Gasteiger partial charge on any atom is -0.326 e. The number of nitrogens with zero attached hydrogens (tertiary/aromatic N) is 2. The van der Waals surface area contributed by atoms with E-state index in [0.29, 0.717) is 0 Å². The van der Waals surface area contributed by atoms with Crippen molar-refractivity contribution in [3.05, 3.63) is 52.4 Å². The largest absolute Gasteiger partial charge is 0.326 e. The number of aromatic nitrogens is 1. The maximum atomic E-state index is 13.6. The van der Waals surface area contributed by atoms with Crippen molar-refractivity contribution in [2.75, 3.05) is 0 Å². The topological polar surface area (TPSA) is 74.9 Å². The van der Waals surface area contributed by atoms with Crippen LogP contribution in [0.2, 0.25) is 5.02 Å². The third kappa shape index (κ3) is 3.08. The second kappa shape index (κ2) is 5.85. The van der Waals surface area contributed by atoms with Crippen molar-refractivity contribution in [3.63, 3.8) is 0 Å². The van der Waals surface area contributed by atoms with E-state index in [1.54, 1.807) is 0 Å². The fraction of sp³-hybridized carbons (Fsp3) is 0.154. The van der Waals surface area contributed by atoms with Crippen LogP contribution in [0.15, 0.2) is 35.4 Å². The van der Waals surface area contributed by atoms with Crippen LogP contribution in [0, 0.1) is 17.1 Å². The average molecular weight is 328 g/mol. The molecule has 1 aromatic heterocycles. The Morgan fingerprint density at radius 2 is 2.10 bits per heavy atom. The molecule has 2 rings (SSSR count). The zero-order valence-electron chi connectivity index (χ0n) is 11.0. The number of rotatable bonds is 4. The van der Waals surface area contributed by atoms with Crippen molar-refractivity contribution < 1.29 is 12.8 Å². The molecular formula is C13H11ClFN3O2S. The minimum atomic E-state index is -3.88. The first kappa shape index (κ1) is 15.5. The van der Waals surface area contributed by atoms with Crippen LogP contribution >= 0.6 is 11.6 Å². The summed E-state index contributed by atoms with van der Waals surface area (Å²) in [6, 6.07) is 8.69. The lowest BCUT2D eigenvalue weighted by molar-refractivity contribution is 0.565. The van der Waals surface area contributed by atoms with Gasteiger partial charge in [0, 0.05) is 24.2 Å². The molecular weight excluding hydrogens is 317 g/mol. The van der Waals surface area contributed by atoms with E-state index < -0.39 is 15.8 Å². The second-order valence-corrected chi connectivity index (χ2v) is 6.37. The summed E-state index contributed by atoms with van der Waals surface area (Å²) in [5, 5.41) is 8.89. The predicted molar refractivity (Wildman–Crippen MR) is 75.6 cm³/mol. The third-order valence-electron chi connectivity index (χ3n) is 2.97. The summed E-state index contributed by atoms with van der Waals surface area (Å²) in [6.07, 6.45) is 0. The number of hydrogen-bond donors (Lipinski definition) is 1. The Morgan fingerprint density at radius 1 is 1.38 bits per heavy atom. The number of hydrogen-bond acceptors (Lipinski definition) is 3. The Labute approximate surface area is 126 Å². The lowest BCUT2D eigenvalue weighted by atomic mass is 10.2. The highest BCUT2D eigenvalue weighted by molar-refractivity contribution is 7.89. The normalized spacial score (nSPS) is 11.3. The summed E-state index contributed by atoms with van der Waals surface area (Å²) < 4.78 is 41.5. The molecule has 0 unspecified atom stereocenters. The maximum Gasteiger partial charge on any atom is 0.256 e. The van der Waals surface area contributed by atoms with Gasteiger partial charge < -0.3 is 4.57 Å². The van der Waals surface area contributed by atoms with Crippen LogP contribution in [-0.2, 0) is 23.6 Å². The smallest absolute Gasteiger partial charge is 0.256 e. The van der Waals surface area contributed by atoms with Crippen molar-refractivity contribution in [1.29, 1.82) is 5.26 Å². The van der Waals surface area contributed by atoms with Gasteiger partial charge in [-0.05, 0) is 24.3 Å². The molecule has 1 N–H and O–H groups in total. The zero-order valence-corrected chi connectivity index (χ0v) is 12.5. The fourth-order valence-corrected chi connectivity index (χ4v) is 3.24. The molecule has 0 spiro atoms. The summed E-state index contributed by atoms with van der Waals surface area (Å²) in [5.41, 5.74) is 0.275. The van der Waals surface area contributed by atoms with Gasteiger partial charge in [-0.25, -0.2) is 17.5 Å². The van der Waals surface area contributed by atoms with E-state index in [9.17, 15) is 12.8 Å². The summed E-state index contributed by atoms with van der Waals surface area (Å²) >= 11 is 5.84. The maximum absolute atomic E-state index is 13.6. The first-order valence-corrected chi connectivity index (χ1v) is 7.71. The number of nitriles is 1. The summed E-state index contributed by atoms with van der Waals surface area (Å²) in [5.74, 6) is -0.588. The highest BCUT2D eigenvalue weighted by Gasteiger charge is 2.20. The molecule has 8 heteroatoms. The molecule has 1 heterocycles. The molecule has 0 aliphatic heterocycles. The molecule has 0 atom stereocenters. The predicted octanol–water partition coefficient (Wildman–Crippen LogP) is 2.17. The van der Waals surface area contributed by atoms with E-state index in [0.717, 1.165) is 0 Å². The summed E-state index contributed by atoms with van der Waals surface area (Å²) in [6.45, 7) is -0.277.